The molecule has 0 aromatic heterocycles. The smallest absolute Gasteiger partial charge is 0.197 e. The van der Waals surface area contributed by atoms with Crippen LogP contribution in [0.4, 0.5) is 0 Å². The minimum atomic E-state index is -0.579. The van der Waals surface area contributed by atoms with Crippen molar-refractivity contribution in [2.24, 2.45) is 5.92 Å². The molecule has 1 aliphatic carbocycles. The molecule has 160 valence electrons. The molecule has 0 fully saturated rings. The van der Waals surface area contributed by atoms with Crippen LogP contribution < -0.4 is 0 Å². The normalized spacial score (nSPS) is 18.5. The molecule has 0 saturated heterocycles. The molecule has 32 heavy (non-hydrogen) atoms. The number of carbonyl (C=O) groups excluding carboxylic acids is 3. The van der Waals surface area contributed by atoms with Gasteiger partial charge in [-0.3, -0.25) is 14.4 Å². The first kappa shape index (κ1) is 22.0. The zero-order chi connectivity index (χ0) is 22.5. The van der Waals surface area contributed by atoms with Crippen LogP contribution in [0.15, 0.2) is 101 Å². The van der Waals surface area contributed by atoms with Gasteiger partial charge < -0.3 is 0 Å². The van der Waals surface area contributed by atoms with E-state index in [4.69, 9.17) is 0 Å². The number of Topliss-reactive ketones (excluding diaryl/α,β-unsaturated/α-hetero) is 3. The van der Waals surface area contributed by atoms with Crippen LogP contribution in [0.5, 0.6) is 0 Å². The lowest BCUT2D eigenvalue weighted by atomic mass is 9.72. The van der Waals surface area contributed by atoms with Crippen LogP contribution in [0.2, 0.25) is 0 Å². The molecule has 0 unspecified atom stereocenters. The second-order valence-corrected chi connectivity index (χ2v) is 9.03. The Morgan fingerprint density at radius 2 is 1.34 bits per heavy atom. The summed E-state index contributed by atoms with van der Waals surface area (Å²) in [7, 11) is 0. The van der Waals surface area contributed by atoms with Crippen LogP contribution in [-0.4, -0.2) is 23.1 Å². The molecule has 1 aliphatic rings. The average molecular weight is 441 g/mol. The third kappa shape index (κ3) is 4.37. The zero-order valence-electron chi connectivity index (χ0n) is 17.9. The summed E-state index contributed by atoms with van der Waals surface area (Å²) in [5.74, 6) is -0.775. The molecule has 0 spiro atoms. The summed E-state index contributed by atoms with van der Waals surface area (Å²) in [6.45, 7) is 1.98. The number of rotatable bonds is 7. The fourth-order valence-electron chi connectivity index (χ4n) is 4.28. The van der Waals surface area contributed by atoms with Crippen molar-refractivity contribution in [3.05, 3.63) is 118 Å². The zero-order valence-corrected chi connectivity index (χ0v) is 18.7. The lowest BCUT2D eigenvalue weighted by molar-refractivity contribution is -0.116. The van der Waals surface area contributed by atoms with Gasteiger partial charge in [0.2, 0.25) is 0 Å². The van der Waals surface area contributed by atoms with Crippen LogP contribution in [0.1, 0.15) is 45.5 Å². The van der Waals surface area contributed by atoms with E-state index in [1.54, 1.807) is 36.4 Å². The summed E-state index contributed by atoms with van der Waals surface area (Å²) >= 11 is 1.43. The highest BCUT2D eigenvalue weighted by Gasteiger charge is 2.43. The summed E-state index contributed by atoms with van der Waals surface area (Å²) in [4.78, 5) is 41.2. The van der Waals surface area contributed by atoms with Gasteiger partial charge in [0.1, 0.15) is 0 Å². The molecule has 4 rings (SSSR count). The Bertz CT molecular complexity index is 1150. The molecular formula is C28H24O3S. The van der Waals surface area contributed by atoms with Gasteiger partial charge in [-0.05, 0) is 11.3 Å². The Morgan fingerprint density at radius 1 is 0.812 bits per heavy atom. The van der Waals surface area contributed by atoms with E-state index in [-0.39, 0.29) is 35.3 Å². The van der Waals surface area contributed by atoms with Crippen molar-refractivity contribution in [2.75, 3.05) is 5.75 Å². The maximum atomic E-state index is 13.8. The van der Waals surface area contributed by atoms with Gasteiger partial charge in [-0.15, -0.1) is 11.8 Å². The first-order valence-corrected chi connectivity index (χ1v) is 11.7. The Morgan fingerprint density at radius 3 is 1.91 bits per heavy atom. The van der Waals surface area contributed by atoms with Crippen LogP contribution in [-0.2, 0) is 4.79 Å². The lowest BCUT2D eigenvalue weighted by Gasteiger charge is -2.33. The van der Waals surface area contributed by atoms with Gasteiger partial charge in [0.25, 0.3) is 0 Å². The fourth-order valence-corrected chi connectivity index (χ4v) is 5.39. The average Bonchev–Trinajstić information content (AvgIpc) is 2.85. The highest BCUT2D eigenvalue weighted by molar-refractivity contribution is 8.03. The Kier molecular flexibility index (Phi) is 6.81. The Balaban J connectivity index is 1.90. The standard InChI is InChI=1S/C28H24O3S/c1-2-32-28-24(26(30)20-14-8-4-9-15-20)22(19-12-6-3-7-13-19)18-23(29)25(28)27(31)21-16-10-5-11-17-21/h3-17,22,24H,2,18H2,1H3/t22-,24-/m0/s1. The van der Waals surface area contributed by atoms with Crippen molar-refractivity contribution in [1.82, 2.24) is 0 Å². The molecule has 0 radical (unpaired) electrons. The monoisotopic (exact) mass is 440 g/mol. The van der Waals surface area contributed by atoms with Gasteiger partial charge >= 0.3 is 0 Å². The molecule has 4 heteroatoms. The van der Waals surface area contributed by atoms with Crippen molar-refractivity contribution in [2.45, 2.75) is 19.3 Å². The van der Waals surface area contributed by atoms with Gasteiger partial charge in [-0.25, -0.2) is 0 Å². The van der Waals surface area contributed by atoms with Crippen LogP contribution in [0, 0.1) is 5.92 Å². The van der Waals surface area contributed by atoms with Gasteiger partial charge in [-0.1, -0.05) is 97.9 Å². The third-order valence-corrected chi connectivity index (χ3v) is 6.80. The van der Waals surface area contributed by atoms with E-state index in [9.17, 15) is 14.4 Å². The summed E-state index contributed by atoms with van der Waals surface area (Å²) < 4.78 is 0. The van der Waals surface area contributed by atoms with Gasteiger partial charge in [0.05, 0.1) is 11.5 Å². The second kappa shape index (κ2) is 9.92. The second-order valence-electron chi connectivity index (χ2n) is 7.72. The van der Waals surface area contributed by atoms with Crippen molar-refractivity contribution < 1.29 is 14.4 Å². The van der Waals surface area contributed by atoms with Crippen molar-refractivity contribution in [1.29, 1.82) is 0 Å². The maximum absolute atomic E-state index is 13.8. The molecule has 3 nitrogen and oxygen atoms in total. The minimum Gasteiger partial charge on any atom is -0.294 e. The van der Waals surface area contributed by atoms with E-state index in [0.29, 0.717) is 21.8 Å². The highest BCUT2D eigenvalue weighted by atomic mass is 32.2. The van der Waals surface area contributed by atoms with Crippen LogP contribution >= 0.6 is 11.8 Å². The van der Waals surface area contributed by atoms with Gasteiger partial charge in [0.15, 0.2) is 17.3 Å². The first-order valence-electron chi connectivity index (χ1n) is 10.8. The number of carbonyl (C=O) groups is 3. The number of hydrogen-bond acceptors (Lipinski definition) is 4. The summed E-state index contributed by atoms with van der Waals surface area (Å²) in [6.07, 6.45) is 0.134. The quantitative estimate of drug-likeness (QED) is 0.327. The molecule has 0 bridgehead atoms. The number of thioether (sulfide) groups is 1. The summed E-state index contributed by atoms with van der Waals surface area (Å²) in [5, 5.41) is 0. The topological polar surface area (TPSA) is 51.2 Å². The summed E-state index contributed by atoms with van der Waals surface area (Å²) in [6, 6.07) is 27.7. The Hall–Kier alpha value is -3.24. The summed E-state index contributed by atoms with van der Waals surface area (Å²) in [5.41, 5.74) is 2.17. The van der Waals surface area contributed by atoms with E-state index < -0.39 is 5.92 Å². The Labute approximate surface area is 192 Å². The predicted molar refractivity (Wildman–Crippen MR) is 129 cm³/mol. The molecule has 3 aromatic rings. The molecule has 0 saturated carbocycles. The van der Waals surface area contributed by atoms with Crippen molar-refractivity contribution in [3.63, 3.8) is 0 Å². The fraction of sp³-hybridized carbons (Fsp3) is 0.179. The lowest BCUT2D eigenvalue weighted by Crippen LogP contribution is -2.34. The molecule has 2 atom stereocenters. The molecule has 3 aromatic carbocycles. The van der Waals surface area contributed by atoms with E-state index in [2.05, 4.69) is 0 Å². The van der Waals surface area contributed by atoms with E-state index in [1.807, 2.05) is 61.5 Å². The molecular weight excluding hydrogens is 416 g/mol. The van der Waals surface area contributed by atoms with E-state index in [1.165, 1.54) is 11.8 Å². The SMILES string of the molecule is CCSC1=C(C(=O)c2ccccc2)C(=O)C[C@@H](c2ccccc2)[C@H]1C(=O)c1ccccc1. The number of allylic oxidation sites excluding steroid dienone is 2. The predicted octanol–water partition coefficient (Wildman–Crippen LogP) is 6.13. The number of ketones is 3. The third-order valence-electron chi connectivity index (χ3n) is 5.75. The van der Waals surface area contributed by atoms with Crippen molar-refractivity contribution in [3.8, 4) is 0 Å². The first-order chi connectivity index (χ1) is 15.6. The molecule has 0 heterocycles. The van der Waals surface area contributed by atoms with E-state index >= 15 is 0 Å². The van der Waals surface area contributed by atoms with Crippen LogP contribution in [0.25, 0.3) is 0 Å². The van der Waals surface area contributed by atoms with E-state index in [0.717, 1.165) is 5.56 Å². The maximum Gasteiger partial charge on any atom is 0.197 e. The number of hydrogen-bond donors (Lipinski definition) is 0. The van der Waals surface area contributed by atoms with Gasteiger partial charge in [0, 0.05) is 28.4 Å². The van der Waals surface area contributed by atoms with Crippen molar-refractivity contribution >= 4 is 29.1 Å². The van der Waals surface area contributed by atoms with Crippen LogP contribution in [0.3, 0.4) is 0 Å². The highest BCUT2D eigenvalue weighted by Crippen LogP contribution is 2.46. The largest absolute Gasteiger partial charge is 0.294 e. The molecule has 0 aliphatic heterocycles. The minimum absolute atomic E-state index is 0.0544. The number of benzene rings is 3. The molecule has 0 amide bonds. The van der Waals surface area contributed by atoms with Gasteiger partial charge in [-0.2, -0.15) is 0 Å². The molecule has 0 N–H and O–H groups in total.